The molecule has 0 bridgehead atoms. The molecule has 1 fully saturated rings. The van der Waals surface area contributed by atoms with Gasteiger partial charge in [0.1, 0.15) is 11.8 Å². The van der Waals surface area contributed by atoms with E-state index in [1.54, 1.807) is 30.3 Å². The van der Waals surface area contributed by atoms with Gasteiger partial charge in [0.05, 0.1) is 4.90 Å². The number of esters is 1. The fourth-order valence-electron chi connectivity index (χ4n) is 3.92. The van der Waals surface area contributed by atoms with E-state index in [9.17, 15) is 13.2 Å². The predicted octanol–water partition coefficient (Wildman–Crippen LogP) is 0.774. The van der Waals surface area contributed by atoms with Crippen molar-refractivity contribution in [2.75, 3.05) is 24.6 Å². The minimum atomic E-state index is -3.82. The molecule has 1 atom stereocenters. The molecular formula is C23H21N5O5S. The van der Waals surface area contributed by atoms with Crippen molar-refractivity contribution in [1.29, 1.82) is 5.41 Å². The van der Waals surface area contributed by atoms with Crippen LogP contribution in [0.2, 0.25) is 0 Å². The minimum absolute atomic E-state index is 0.115. The number of hydrogen-bond acceptors (Lipinski definition) is 7. The summed E-state index contributed by atoms with van der Waals surface area (Å²) in [5.74, 6) is -0.303. The lowest BCUT2D eigenvalue weighted by atomic mass is 10.1. The zero-order chi connectivity index (χ0) is 23.7. The van der Waals surface area contributed by atoms with Crippen molar-refractivity contribution in [3.63, 3.8) is 0 Å². The van der Waals surface area contributed by atoms with Crippen molar-refractivity contribution in [2.24, 2.45) is 0 Å². The van der Waals surface area contributed by atoms with Crippen LogP contribution in [0, 0.1) is 5.41 Å². The number of aromatic nitrogens is 2. The van der Waals surface area contributed by atoms with Crippen LogP contribution in [-0.2, 0) is 14.8 Å². The fraction of sp³-hybridized carbons (Fsp3) is 0.174. The summed E-state index contributed by atoms with van der Waals surface area (Å²) < 4.78 is 38.1. The average Bonchev–Trinajstić information content (AvgIpc) is 3.30. The number of ether oxygens (including phenoxy) is 1. The number of benzene rings is 3. The quantitative estimate of drug-likeness (QED) is 0.255. The SMILES string of the molecule is N=c1c[n+](N2CCN(S(=O)(=O)c3ccccc3)CC2C(=O)Oc2ccc3ccccc3c2)[n-]o1. The Morgan fingerprint density at radius 2 is 1.76 bits per heavy atom. The average molecular weight is 480 g/mol. The van der Waals surface area contributed by atoms with Crippen LogP contribution in [0.3, 0.4) is 0 Å². The first-order valence-corrected chi connectivity index (χ1v) is 12.0. The van der Waals surface area contributed by atoms with Gasteiger partial charge in [0, 0.05) is 19.6 Å². The van der Waals surface area contributed by atoms with E-state index in [4.69, 9.17) is 14.7 Å². The number of nitrogens with zero attached hydrogens (tertiary/aromatic N) is 4. The van der Waals surface area contributed by atoms with E-state index in [0.29, 0.717) is 5.75 Å². The highest BCUT2D eigenvalue weighted by Crippen LogP contribution is 2.23. The molecule has 5 rings (SSSR count). The van der Waals surface area contributed by atoms with E-state index in [1.165, 1.54) is 32.4 Å². The topological polar surface area (TPSA) is 122 Å². The molecule has 0 radical (unpaired) electrons. The van der Waals surface area contributed by atoms with Gasteiger partial charge in [0.15, 0.2) is 0 Å². The third-order valence-corrected chi connectivity index (χ3v) is 7.51. The van der Waals surface area contributed by atoms with Gasteiger partial charge in [0.25, 0.3) is 11.8 Å². The third kappa shape index (κ3) is 4.18. The Labute approximate surface area is 195 Å². The highest BCUT2D eigenvalue weighted by atomic mass is 32.2. The second-order valence-corrected chi connectivity index (χ2v) is 9.71. The van der Waals surface area contributed by atoms with Crippen LogP contribution in [0.5, 0.6) is 5.75 Å². The van der Waals surface area contributed by atoms with E-state index in [2.05, 4.69) is 5.27 Å². The molecule has 11 heteroatoms. The Balaban J connectivity index is 1.45. The molecular weight excluding hydrogens is 458 g/mol. The van der Waals surface area contributed by atoms with Crippen molar-refractivity contribution < 1.29 is 27.3 Å². The number of hydrogen-bond donors (Lipinski definition) is 1. The van der Waals surface area contributed by atoms with E-state index in [1.807, 2.05) is 30.3 Å². The summed E-state index contributed by atoms with van der Waals surface area (Å²) in [5, 5.41) is 14.8. The Bertz CT molecular complexity index is 1500. The molecule has 174 valence electrons. The maximum atomic E-state index is 13.3. The first-order chi connectivity index (χ1) is 16.4. The number of nitrogens with one attached hydrogen (secondary N) is 1. The molecule has 4 aromatic rings. The first-order valence-electron chi connectivity index (χ1n) is 10.5. The summed E-state index contributed by atoms with van der Waals surface area (Å²) in [4.78, 5) is 14.7. The summed E-state index contributed by atoms with van der Waals surface area (Å²) in [6.07, 6.45) is 1.30. The molecule has 0 saturated carbocycles. The molecule has 10 nitrogen and oxygen atoms in total. The number of fused-ring (bicyclic) bond motifs is 1. The Morgan fingerprint density at radius 3 is 2.50 bits per heavy atom. The molecule has 1 N–H and O–H groups in total. The maximum absolute atomic E-state index is 13.3. The van der Waals surface area contributed by atoms with Crippen LogP contribution in [0.25, 0.3) is 10.8 Å². The Morgan fingerprint density at radius 1 is 1.03 bits per heavy atom. The standard InChI is InChI=1S/C23H21N5O5S/c24-22-16-28(25-33-22)27-13-12-26(34(30,31)20-8-2-1-3-9-20)15-21(27)23(29)32-19-11-10-17-6-4-5-7-18(17)14-19/h1-11,14,16,21,24H,12-13,15H2. The van der Waals surface area contributed by atoms with Crippen molar-refractivity contribution >= 4 is 26.8 Å². The monoisotopic (exact) mass is 479 g/mol. The lowest BCUT2D eigenvalue weighted by molar-refractivity contribution is -0.766. The van der Waals surface area contributed by atoms with Crippen molar-refractivity contribution in [3.8, 4) is 5.75 Å². The molecule has 3 aromatic carbocycles. The van der Waals surface area contributed by atoms with E-state index < -0.39 is 22.0 Å². The number of rotatable bonds is 5. The normalized spacial score (nSPS) is 17.1. The van der Waals surface area contributed by atoms with Crippen LogP contribution >= 0.6 is 0 Å². The first kappa shape index (κ1) is 21.9. The van der Waals surface area contributed by atoms with Crippen LogP contribution in [0.1, 0.15) is 0 Å². The number of piperazine rings is 1. The van der Waals surface area contributed by atoms with Crippen LogP contribution in [0.15, 0.2) is 88.4 Å². The van der Waals surface area contributed by atoms with Gasteiger partial charge in [-0.2, -0.15) is 4.31 Å². The molecule has 1 saturated heterocycles. The number of sulfonamides is 1. The van der Waals surface area contributed by atoms with Crippen molar-refractivity contribution in [3.05, 3.63) is 84.5 Å². The second kappa shape index (κ2) is 8.76. The molecule has 1 unspecified atom stereocenters. The van der Waals surface area contributed by atoms with E-state index in [0.717, 1.165) is 10.8 Å². The molecule has 34 heavy (non-hydrogen) atoms. The van der Waals surface area contributed by atoms with Crippen LogP contribution in [-0.4, -0.2) is 44.4 Å². The highest BCUT2D eigenvalue weighted by molar-refractivity contribution is 7.89. The summed E-state index contributed by atoms with van der Waals surface area (Å²) in [6, 6.07) is 20.0. The van der Waals surface area contributed by atoms with Gasteiger partial charge < -0.3 is 9.26 Å². The number of carbonyl (C=O) groups excluding carboxylic acids is 1. The zero-order valence-corrected chi connectivity index (χ0v) is 18.8. The van der Waals surface area contributed by atoms with Gasteiger partial charge in [0.2, 0.25) is 10.0 Å². The smallest absolute Gasteiger partial charge is 0.320 e. The summed E-state index contributed by atoms with van der Waals surface area (Å²) >= 11 is 0. The van der Waals surface area contributed by atoms with Gasteiger partial charge in [-0.05, 0) is 40.3 Å². The minimum Gasteiger partial charge on any atom is -0.426 e. The van der Waals surface area contributed by atoms with E-state index in [-0.39, 0.29) is 30.1 Å². The van der Waals surface area contributed by atoms with Crippen molar-refractivity contribution in [2.45, 2.75) is 10.9 Å². The maximum Gasteiger partial charge on any atom is 0.320 e. The fourth-order valence-corrected chi connectivity index (χ4v) is 5.38. The Kier molecular flexibility index (Phi) is 5.64. The summed E-state index contributed by atoms with van der Waals surface area (Å²) in [5.41, 5.74) is -0.194. The van der Waals surface area contributed by atoms with Crippen molar-refractivity contribution in [1.82, 2.24) is 9.58 Å². The zero-order valence-electron chi connectivity index (χ0n) is 17.9. The second-order valence-electron chi connectivity index (χ2n) is 7.77. The lowest BCUT2D eigenvalue weighted by Crippen LogP contribution is -2.73. The van der Waals surface area contributed by atoms with Gasteiger partial charge in [-0.3, -0.25) is 15.2 Å². The highest BCUT2D eigenvalue weighted by Gasteiger charge is 2.39. The van der Waals surface area contributed by atoms with Gasteiger partial charge in [-0.15, -0.1) is 0 Å². The van der Waals surface area contributed by atoms with Gasteiger partial charge in [-0.1, -0.05) is 53.3 Å². The van der Waals surface area contributed by atoms with Crippen LogP contribution < -0.4 is 25.4 Å². The molecule has 0 spiro atoms. The summed E-state index contributed by atoms with van der Waals surface area (Å²) in [6.45, 7) is 0.0984. The molecule has 1 aliphatic heterocycles. The largest absolute Gasteiger partial charge is 0.426 e. The molecule has 2 heterocycles. The van der Waals surface area contributed by atoms with Gasteiger partial charge >= 0.3 is 5.97 Å². The third-order valence-electron chi connectivity index (χ3n) is 5.63. The predicted molar refractivity (Wildman–Crippen MR) is 120 cm³/mol. The lowest BCUT2D eigenvalue weighted by Gasteiger charge is -2.39. The van der Waals surface area contributed by atoms with Crippen LogP contribution in [0.4, 0.5) is 0 Å². The molecule has 0 amide bonds. The summed E-state index contributed by atoms with van der Waals surface area (Å²) in [7, 11) is -3.82. The number of carbonyl (C=O) groups is 1. The molecule has 1 aromatic heterocycles. The van der Waals surface area contributed by atoms with Gasteiger partial charge in [-0.25, -0.2) is 8.42 Å². The molecule has 1 aliphatic rings. The molecule has 0 aliphatic carbocycles. The Hall–Kier alpha value is -3.96. The van der Waals surface area contributed by atoms with E-state index >= 15 is 0 Å².